The van der Waals surface area contributed by atoms with Crippen LogP contribution < -0.4 is 38.8 Å². The number of nitrogens with one attached hydrogen (secondary N) is 1. The lowest BCUT2D eigenvalue weighted by Gasteiger charge is -2.52. The number of benzene rings is 4. The first kappa shape index (κ1) is 41.0. The number of anilines is 3. The van der Waals surface area contributed by atoms with Crippen LogP contribution in [0.15, 0.2) is 71.7 Å². The standard InChI is InChI=1S/C49H56N4O7S/c1-47(2,61-7)15-10-16-58-34-13-14-40-31(19-34)18-33-25-51-38-23-44(42(57-6)21-36(38)46(55)53(33)40)60-29-49(4)26-48(3,27-49)28-59-43-22-37-35(20-41(43)56-5)45(54)52-32(24-50-37)17-30-11-8-9-12-39(30)52/h8-9,11-14,19-24,32-33,51H,10,15-18,25-29H2,1-7H3/t32-,33-,48?,49?/m0/s1. The van der Waals surface area contributed by atoms with E-state index in [4.69, 9.17) is 28.7 Å². The van der Waals surface area contributed by atoms with Gasteiger partial charge >= 0.3 is 0 Å². The van der Waals surface area contributed by atoms with E-state index in [-0.39, 0.29) is 39.5 Å². The Morgan fingerprint density at radius 2 is 1.46 bits per heavy atom. The van der Waals surface area contributed by atoms with Crippen molar-refractivity contribution >= 4 is 52.5 Å². The van der Waals surface area contributed by atoms with Crippen molar-refractivity contribution in [1.29, 1.82) is 0 Å². The molecule has 0 aromatic heterocycles. The lowest BCUT2D eigenvalue weighted by atomic mass is 9.55. The number of aliphatic imine (C=N–C) groups is 1. The van der Waals surface area contributed by atoms with Crippen molar-refractivity contribution in [2.45, 2.75) is 83.1 Å². The fourth-order valence-electron chi connectivity index (χ4n) is 10.2. The summed E-state index contributed by atoms with van der Waals surface area (Å²) in [6.07, 6.45) is 9.35. The zero-order chi connectivity index (χ0) is 42.7. The van der Waals surface area contributed by atoms with Crippen molar-refractivity contribution in [1.82, 2.24) is 0 Å². The molecule has 0 bridgehead atoms. The zero-order valence-corrected chi connectivity index (χ0v) is 37.1. The van der Waals surface area contributed by atoms with Gasteiger partial charge in [-0.2, -0.15) is 11.8 Å². The molecule has 4 aliphatic heterocycles. The second kappa shape index (κ2) is 15.8. The molecule has 2 atom stereocenters. The molecule has 0 radical (unpaired) electrons. The Hall–Kier alpha value is -5.36. The van der Waals surface area contributed by atoms with Gasteiger partial charge < -0.3 is 33.9 Å². The van der Waals surface area contributed by atoms with Gasteiger partial charge in [-0.1, -0.05) is 45.9 Å². The number of rotatable bonds is 14. The van der Waals surface area contributed by atoms with E-state index < -0.39 is 0 Å². The Morgan fingerprint density at radius 3 is 2.18 bits per heavy atom. The summed E-state index contributed by atoms with van der Waals surface area (Å²) in [6.45, 7) is 11.2. The molecular weight excluding hydrogens is 789 g/mol. The SMILES string of the molecule is COc1cc2c(cc1OCC1(C)CC(C)(COc3cc4c(cc3OC)C(=O)N3c5ccc(OCCCC(C)(C)SC)cc5C[C@H]3CN4)C1)N=C[C@@H]1Cc3ccccc3N1C2=O. The van der Waals surface area contributed by atoms with Crippen LogP contribution in [0.25, 0.3) is 0 Å². The largest absolute Gasteiger partial charge is 0.494 e. The normalized spacial score (nSPS) is 23.3. The number of nitrogens with zero attached hydrogens (tertiary/aromatic N) is 3. The van der Waals surface area contributed by atoms with Gasteiger partial charge in [0.1, 0.15) is 5.75 Å². The summed E-state index contributed by atoms with van der Waals surface area (Å²) < 4.78 is 30.9. The molecule has 0 saturated heterocycles. The summed E-state index contributed by atoms with van der Waals surface area (Å²) in [5.74, 6) is 2.90. The van der Waals surface area contributed by atoms with E-state index in [0.717, 1.165) is 72.5 Å². The predicted octanol–water partition coefficient (Wildman–Crippen LogP) is 9.55. The zero-order valence-electron chi connectivity index (χ0n) is 36.3. The first-order chi connectivity index (χ1) is 29.3. The van der Waals surface area contributed by atoms with Gasteiger partial charge in [-0.25, -0.2) is 0 Å². The number of carbonyl (C=O) groups is 2. The monoisotopic (exact) mass is 844 g/mol. The molecule has 11 nitrogen and oxygen atoms in total. The molecule has 1 saturated carbocycles. The fourth-order valence-corrected chi connectivity index (χ4v) is 10.6. The topological polar surface area (TPSA) is 111 Å². The van der Waals surface area contributed by atoms with E-state index in [0.29, 0.717) is 66.2 Å². The third kappa shape index (κ3) is 7.76. The highest BCUT2D eigenvalue weighted by molar-refractivity contribution is 7.99. The van der Waals surface area contributed by atoms with E-state index >= 15 is 0 Å². The van der Waals surface area contributed by atoms with Crippen LogP contribution in [0.3, 0.4) is 0 Å². The number of carbonyl (C=O) groups excluding carboxylic acids is 2. The van der Waals surface area contributed by atoms with Gasteiger partial charge in [0.2, 0.25) is 0 Å². The van der Waals surface area contributed by atoms with E-state index in [9.17, 15) is 9.59 Å². The summed E-state index contributed by atoms with van der Waals surface area (Å²) in [6, 6.07) is 21.3. The van der Waals surface area contributed by atoms with Gasteiger partial charge in [-0.3, -0.25) is 19.5 Å². The number of amides is 2. The van der Waals surface area contributed by atoms with Crippen LogP contribution in [-0.4, -0.2) is 81.7 Å². The van der Waals surface area contributed by atoms with E-state index in [2.05, 4.69) is 51.4 Å². The minimum Gasteiger partial charge on any atom is -0.494 e. The summed E-state index contributed by atoms with van der Waals surface area (Å²) >= 11 is 1.88. The van der Waals surface area contributed by atoms with Gasteiger partial charge in [0.05, 0.1) is 68.6 Å². The maximum Gasteiger partial charge on any atom is 0.261 e. The lowest BCUT2D eigenvalue weighted by molar-refractivity contribution is -0.0688. The molecule has 4 heterocycles. The molecule has 0 spiro atoms. The molecule has 12 heteroatoms. The molecule has 5 aliphatic rings. The molecule has 2 amide bonds. The average molecular weight is 845 g/mol. The molecule has 320 valence electrons. The van der Waals surface area contributed by atoms with Gasteiger partial charge in [0.15, 0.2) is 23.0 Å². The minimum absolute atomic E-state index is 0.0199. The van der Waals surface area contributed by atoms with Crippen LogP contribution in [0.2, 0.25) is 0 Å². The molecule has 4 aromatic carbocycles. The summed E-state index contributed by atoms with van der Waals surface area (Å²) in [4.78, 5) is 36.6. The number of para-hydroxylation sites is 1. The molecule has 1 fully saturated rings. The van der Waals surface area contributed by atoms with Crippen LogP contribution in [0.5, 0.6) is 28.7 Å². The van der Waals surface area contributed by atoms with Crippen molar-refractivity contribution in [2.75, 3.05) is 62.0 Å². The first-order valence-electron chi connectivity index (χ1n) is 21.3. The van der Waals surface area contributed by atoms with Gasteiger partial charge in [-0.15, -0.1) is 0 Å². The Bertz CT molecular complexity index is 2410. The Labute approximate surface area is 363 Å². The Kier molecular flexibility index (Phi) is 10.6. The van der Waals surface area contributed by atoms with E-state index in [1.165, 1.54) is 0 Å². The van der Waals surface area contributed by atoms with Gasteiger partial charge in [0, 0.05) is 58.3 Å². The lowest BCUT2D eigenvalue weighted by Crippen LogP contribution is -2.49. The molecular formula is C49H56N4O7S. The summed E-state index contributed by atoms with van der Waals surface area (Å²) in [5, 5.41) is 3.56. The third-order valence-corrected chi connectivity index (χ3v) is 14.5. The van der Waals surface area contributed by atoms with Crippen molar-refractivity contribution in [3.8, 4) is 28.7 Å². The molecule has 0 unspecified atom stereocenters. The number of ether oxygens (including phenoxy) is 5. The highest BCUT2D eigenvalue weighted by atomic mass is 32.2. The van der Waals surface area contributed by atoms with Crippen molar-refractivity contribution in [3.63, 3.8) is 0 Å². The highest BCUT2D eigenvalue weighted by Gasteiger charge is 2.50. The van der Waals surface area contributed by atoms with E-state index in [1.54, 1.807) is 20.3 Å². The van der Waals surface area contributed by atoms with Crippen molar-refractivity contribution in [2.24, 2.45) is 15.8 Å². The number of thioether (sulfide) groups is 1. The van der Waals surface area contributed by atoms with Crippen LogP contribution >= 0.6 is 11.8 Å². The first-order valence-corrected chi connectivity index (χ1v) is 22.6. The quantitative estimate of drug-likeness (QED) is 0.124. The van der Waals surface area contributed by atoms with Gasteiger partial charge in [-0.05, 0) is 85.9 Å². The van der Waals surface area contributed by atoms with Crippen molar-refractivity contribution < 1.29 is 33.3 Å². The van der Waals surface area contributed by atoms with Gasteiger partial charge in [0.25, 0.3) is 11.8 Å². The minimum atomic E-state index is -0.130. The van der Waals surface area contributed by atoms with Crippen LogP contribution in [-0.2, 0) is 12.8 Å². The van der Waals surface area contributed by atoms with Crippen LogP contribution in [0, 0.1) is 10.8 Å². The smallest absolute Gasteiger partial charge is 0.261 e. The fraction of sp³-hybridized carbons (Fsp3) is 0.449. The van der Waals surface area contributed by atoms with Crippen LogP contribution in [0.4, 0.5) is 22.7 Å². The second-order valence-corrected chi connectivity index (χ2v) is 20.1. The Morgan fingerprint density at radius 1 is 0.787 bits per heavy atom. The van der Waals surface area contributed by atoms with Crippen LogP contribution in [0.1, 0.15) is 85.2 Å². The third-order valence-electron chi connectivity index (χ3n) is 13.1. The Balaban J connectivity index is 0.826. The maximum atomic E-state index is 14.2. The molecule has 1 aliphatic carbocycles. The van der Waals surface area contributed by atoms with E-state index in [1.807, 2.05) is 76.3 Å². The number of fused-ring (bicyclic) bond motifs is 8. The summed E-state index contributed by atoms with van der Waals surface area (Å²) in [7, 11) is 3.21. The predicted molar refractivity (Wildman–Crippen MR) is 243 cm³/mol. The number of hydrogen-bond acceptors (Lipinski definition) is 10. The average Bonchev–Trinajstić information content (AvgIpc) is 3.73. The number of methoxy groups -OCH3 is 2. The molecule has 9 rings (SSSR count). The summed E-state index contributed by atoms with van der Waals surface area (Å²) in [5.41, 5.74) is 6.30. The molecule has 4 aromatic rings. The second-order valence-electron chi connectivity index (χ2n) is 18.6. The number of hydrogen-bond donors (Lipinski definition) is 1. The van der Waals surface area contributed by atoms with Crippen molar-refractivity contribution in [3.05, 3.63) is 89.0 Å². The molecule has 61 heavy (non-hydrogen) atoms. The molecule has 1 N–H and O–H groups in total. The highest BCUT2D eigenvalue weighted by Crippen LogP contribution is 2.55. The maximum absolute atomic E-state index is 14.2.